The Bertz CT molecular complexity index is 892. The minimum Gasteiger partial charge on any atom is -0.405 e. The van der Waals surface area contributed by atoms with E-state index in [9.17, 15) is 8.42 Å². The summed E-state index contributed by atoms with van der Waals surface area (Å²) in [4.78, 5) is 0. The lowest BCUT2D eigenvalue weighted by Crippen LogP contribution is -2.67. The van der Waals surface area contributed by atoms with E-state index in [1.54, 1.807) is 0 Å². The predicted molar refractivity (Wildman–Crippen MR) is 127 cm³/mol. The van der Waals surface area contributed by atoms with Gasteiger partial charge < -0.3 is 9.16 Å². The molecule has 1 fully saturated rings. The minimum atomic E-state index is -3.80. The van der Waals surface area contributed by atoms with E-state index in [4.69, 9.17) is 24.9 Å². The summed E-state index contributed by atoms with van der Waals surface area (Å²) >= 11 is 5.55. The Morgan fingerprint density at radius 2 is 1.58 bits per heavy atom. The van der Waals surface area contributed by atoms with Gasteiger partial charge in [-0.3, -0.25) is 4.18 Å². The maximum absolute atomic E-state index is 12.0. The third-order valence-electron chi connectivity index (χ3n) is 5.66. The molecule has 2 atom stereocenters. The Hall–Kier alpha value is -1.22. The summed E-state index contributed by atoms with van der Waals surface area (Å²) in [6, 6.07) is 20.6. The molecular formula is C23H31ClO5SSi. The fourth-order valence-electron chi connectivity index (χ4n) is 4.26. The van der Waals surface area contributed by atoms with Crippen molar-refractivity contribution in [1.29, 1.82) is 0 Å². The highest BCUT2D eigenvalue weighted by atomic mass is 35.5. The molecule has 0 saturated carbocycles. The predicted octanol–water partition coefficient (Wildman–Crippen LogP) is 3.65. The quantitative estimate of drug-likeness (QED) is 0.326. The fraction of sp³-hybridized carbons (Fsp3) is 0.478. The number of hydrogen-bond donors (Lipinski definition) is 0. The zero-order valence-corrected chi connectivity index (χ0v) is 20.9. The van der Waals surface area contributed by atoms with E-state index in [0.29, 0.717) is 13.0 Å². The first-order valence-electron chi connectivity index (χ1n) is 10.5. The van der Waals surface area contributed by atoms with Crippen LogP contribution in [0.5, 0.6) is 0 Å². The molecule has 2 aromatic rings. The molecule has 0 aliphatic carbocycles. The second-order valence-electron chi connectivity index (χ2n) is 8.83. The Kier molecular flexibility index (Phi) is 7.99. The van der Waals surface area contributed by atoms with E-state index in [0.717, 1.165) is 16.8 Å². The van der Waals surface area contributed by atoms with E-state index in [1.165, 1.54) is 0 Å². The van der Waals surface area contributed by atoms with Gasteiger partial charge in [-0.25, -0.2) is 0 Å². The average Bonchev–Trinajstić information content (AvgIpc) is 2.75. The first-order chi connectivity index (χ1) is 14.7. The van der Waals surface area contributed by atoms with Crippen LogP contribution < -0.4 is 10.4 Å². The highest BCUT2D eigenvalue weighted by Gasteiger charge is 2.51. The van der Waals surface area contributed by atoms with E-state index in [1.807, 2.05) is 36.4 Å². The molecule has 0 bridgehead atoms. The Morgan fingerprint density at radius 3 is 2.06 bits per heavy atom. The number of hydrogen-bond acceptors (Lipinski definition) is 5. The molecule has 1 aliphatic heterocycles. The van der Waals surface area contributed by atoms with Crippen LogP contribution >= 0.6 is 11.6 Å². The summed E-state index contributed by atoms with van der Waals surface area (Å²) in [6.45, 7) is 7.40. The summed E-state index contributed by atoms with van der Waals surface area (Å²) in [6.07, 6.45) is 0.243. The van der Waals surface area contributed by atoms with Crippen LogP contribution in [0.15, 0.2) is 60.7 Å². The third-order valence-corrected chi connectivity index (χ3v) is 12.3. The molecule has 2 aromatic carbocycles. The number of benzene rings is 2. The van der Waals surface area contributed by atoms with Crippen molar-refractivity contribution >= 4 is 40.4 Å². The van der Waals surface area contributed by atoms with Crippen molar-refractivity contribution in [3.05, 3.63) is 60.7 Å². The molecule has 0 aromatic heterocycles. The standard InChI is InChI=1S/C23H31ClO5SSi/c1-23(2,3)31(19-11-6-4-7-12-19,20-13-8-5-9-14-20)28-17-22-21(15-10-16-27-22)29-30(25,26)18-24/h4-9,11-14,21-22H,10,15-18H2,1-3H3/t21-,22-/m1/s1. The zero-order chi connectivity index (χ0) is 22.5. The first kappa shape index (κ1) is 24.4. The van der Waals surface area contributed by atoms with Gasteiger partial charge in [0.2, 0.25) is 0 Å². The van der Waals surface area contributed by atoms with Gasteiger partial charge in [0.15, 0.2) is 0 Å². The number of ether oxygens (including phenoxy) is 1. The lowest BCUT2D eigenvalue weighted by molar-refractivity contribution is -0.0794. The summed E-state index contributed by atoms with van der Waals surface area (Å²) < 4.78 is 42.1. The van der Waals surface area contributed by atoms with Gasteiger partial charge in [-0.2, -0.15) is 8.42 Å². The molecule has 3 rings (SSSR count). The van der Waals surface area contributed by atoms with Gasteiger partial charge in [0.05, 0.1) is 6.61 Å². The zero-order valence-electron chi connectivity index (χ0n) is 18.3. The Morgan fingerprint density at radius 1 is 1.03 bits per heavy atom. The van der Waals surface area contributed by atoms with Gasteiger partial charge in [0.25, 0.3) is 18.4 Å². The molecule has 170 valence electrons. The van der Waals surface area contributed by atoms with Crippen LogP contribution in [0, 0.1) is 0 Å². The van der Waals surface area contributed by atoms with Crippen molar-refractivity contribution < 1.29 is 21.8 Å². The van der Waals surface area contributed by atoms with Gasteiger partial charge in [-0.15, -0.1) is 11.6 Å². The topological polar surface area (TPSA) is 61.8 Å². The highest BCUT2D eigenvalue weighted by molar-refractivity contribution is 7.87. The summed E-state index contributed by atoms with van der Waals surface area (Å²) in [7, 11) is -6.54. The van der Waals surface area contributed by atoms with Crippen LogP contribution in [0.3, 0.4) is 0 Å². The van der Waals surface area contributed by atoms with Crippen molar-refractivity contribution in [1.82, 2.24) is 0 Å². The lowest BCUT2D eigenvalue weighted by Gasteiger charge is -2.44. The molecule has 5 nitrogen and oxygen atoms in total. The van der Waals surface area contributed by atoms with Crippen LogP contribution in [-0.2, 0) is 23.5 Å². The first-order valence-corrected chi connectivity index (χ1v) is 14.6. The number of halogens is 1. The lowest BCUT2D eigenvalue weighted by atomic mass is 10.1. The van der Waals surface area contributed by atoms with E-state index < -0.39 is 35.9 Å². The SMILES string of the molecule is CC(C)(C)[Si](OC[C@H]1OCCC[C@H]1OS(=O)(=O)CCl)(c1ccccc1)c1ccccc1. The molecule has 0 spiro atoms. The van der Waals surface area contributed by atoms with Crippen molar-refractivity contribution in [2.24, 2.45) is 0 Å². The second kappa shape index (κ2) is 10.1. The molecule has 1 saturated heterocycles. The molecule has 31 heavy (non-hydrogen) atoms. The average molecular weight is 483 g/mol. The molecule has 0 amide bonds. The van der Waals surface area contributed by atoms with Crippen LogP contribution in [0.1, 0.15) is 33.6 Å². The van der Waals surface area contributed by atoms with Crippen LogP contribution in [0.4, 0.5) is 0 Å². The maximum Gasteiger partial charge on any atom is 0.281 e. The highest BCUT2D eigenvalue weighted by Crippen LogP contribution is 2.37. The van der Waals surface area contributed by atoms with Crippen molar-refractivity contribution in [2.45, 2.75) is 50.9 Å². The Labute approximate surface area is 191 Å². The normalized spacial score (nSPS) is 20.5. The summed E-state index contributed by atoms with van der Waals surface area (Å²) in [5, 5.41) is 1.57. The monoisotopic (exact) mass is 482 g/mol. The summed E-state index contributed by atoms with van der Waals surface area (Å²) in [5.74, 6) is 0. The van der Waals surface area contributed by atoms with Crippen LogP contribution in [0.25, 0.3) is 0 Å². The van der Waals surface area contributed by atoms with E-state index >= 15 is 0 Å². The third kappa shape index (κ3) is 5.59. The minimum absolute atomic E-state index is 0.178. The molecule has 1 aliphatic rings. The van der Waals surface area contributed by atoms with Gasteiger partial charge >= 0.3 is 0 Å². The number of rotatable bonds is 8. The molecular weight excluding hydrogens is 452 g/mol. The summed E-state index contributed by atoms with van der Waals surface area (Å²) in [5.41, 5.74) is 0. The van der Waals surface area contributed by atoms with Gasteiger partial charge in [0.1, 0.15) is 17.4 Å². The maximum atomic E-state index is 12.0. The molecule has 0 N–H and O–H groups in total. The van der Waals surface area contributed by atoms with E-state index in [-0.39, 0.29) is 11.6 Å². The van der Waals surface area contributed by atoms with Crippen LogP contribution in [0.2, 0.25) is 5.04 Å². The van der Waals surface area contributed by atoms with Gasteiger partial charge in [-0.1, -0.05) is 81.4 Å². The van der Waals surface area contributed by atoms with Gasteiger partial charge in [-0.05, 0) is 28.3 Å². The van der Waals surface area contributed by atoms with E-state index in [2.05, 4.69) is 45.0 Å². The molecule has 0 unspecified atom stereocenters. The second-order valence-corrected chi connectivity index (χ2v) is 15.3. The Balaban J connectivity index is 1.97. The largest absolute Gasteiger partial charge is 0.405 e. The van der Waals surface area contributed by atoms with Gasteiger partial charge in [0, 0.05) is 6.61 Å². The fourth-order valence-corrected chi connectivity index (χ4v) is 9.63. The molecule has 0 radical (unpaired) electrons. The number of alkyl halides is 1. The molecule has 8 heteroatoms. The van der Waals surface area contributed by atoms with Crippen molar-refractivity contribution in [3.63, 3.8) is 0 Å². The van der Waals surface area contributed by atoms with Crippen molar-refractivity contribution in [2.75, 3.05) is 18.4 Å². The molecule has 1 heterocycles. The van der Waals surface area contributed by atoms with Crippen LogP contribution in [-0.4, -0.2) is 47.4 Å². The van der Waals surface area contributed by atoms with Crippen molar-refractivity contribution in [3.8, 4) is 0 Å². The smallest absolute Gasteiger partial charge is 0.281 e.